The number of benzene rings is 1. The summed E-state index contributed by atoms with van der Waals surface area (Å²) in [4.78, 5) is 35.9. The molecule has 0 spiro atoms. The highest BCUT2D eigenvalue weighted by Gasteiger charge is 2.37. The number of carbonyl (C=O) groups is 2. The first-order valence-corrected chi connectivity index (χ1v) is 9.61. The first kappa shape index (κ1) is 19.6. The number of hydrogen-bond donors (Lipinski definition) is 1. The summed E-state index contributed by atoms with van der Waals surface area (Å²) in [5, 5.41) is 4.28. The molecule has 9 nitrogen and oxygen atoms in total. The Morgan fingerprint density at radius 1 is 1.13 bits per heavy atom. The zero-order valence-corrected chi connectivity index (χ0v) is 16.8. The molecule has 1 aromatic carbocycles. The molecule has 4 rings (SSSR count). The topological polar surface area (TPSA) is 116 Å². The highest BCUT2D eigenvalue weighted by molar-refractivity contribution is 6.06. The molecule has 2 N–H and O–H groups in total. The molecule has 1 atom stereocenters. The maximum absolute atomic E-state index is 13.2. The lowest BCUT2D eigenvalue weighted by Gasteiger charge is -2.23. The van der Waals surface area contributed by atoms with E-state index in [2.05, 4.69) is 15.1 Å². The van der Waals surface area contributed by atoms with E-state index < -0.39 is 6.04 Å². The molecule has 154 valence electrons. The quantitative estimate of drug-likeness (QED) is 0.645. The Bertz CT molecular complexity index is 1080. The predicted molar refractivity (Wildman–Crippen MR) is 110 cm³/mol. The second-order valence-electron chi connectivity index (χ2n) is 7.12. The van der Waals surface area contributed by atoms with E-state index in [0.29, 0.717) is 30.0 Å². The summed E-state index contributed by atoms with van der Waals surface area (Å²) in [5.74, 6) is 0.414. The van der Waals surface area contributed by atoms with Gasteiger partial charge < -0.3 is 15.4 Å². The highest BCUT2D eigenvalue weighted by Crippen LogP contribution is 2.26. The number of rotatable bonds is 5. The number of ether oxygens (including phenoxy) is 1. The molecular weight excluding hydrogens is 384 g/mol. The molecule has 9 heteroatoms. The second-order valence-corrected chi connectivity index (χ2v) is 7.12. The summed E-state index contributed by atoms with van der Waals surface area (Å²) < 4.78 is 6.66. The number of anilines is 1. The molecule has 3 heterocycles. The van der Waals surface area contributed by atoms with Crippen LogP contribution in [0.25, 0.3) is 5.69 Å². The Morgan fingerprint density at radius 2 is 1.90 bits per heavy atom. The van der Waals surface area contributed by atoms with Gasteiger partial charge in [0.25, 0.3) is 5.91 Å². The van der Waals surface area contributed by atoms with Crippen molar-refractivity contribution in [3.8, 4) is 11.4 Å². The van der Waals surface area contributed by atoms with Crippen LogP contribution in [0.15, 0.2) is 42.9 Å². The number of aromatic nitrogens is 4. The van der Waals surface area contributed by atoms with Gasteiger partial charge in [-0.05, 0) is 44.0 Å². The van der Waals surface area contributed by atoms with Gasteiger partial charge in [0.1, 0.15) is 17.3 Å². The second kappa shape index (κ2) is 7.94. The van der Waals surface area contributed by atoms with Crippen LogP contribution in [-0.2, 0) is 0 Å². The van der Waals surface area contributed by atoms with Crippen LogP contribution in [-0.4, -0.2) is 56.0 Å². The first-order chi connectivity index (χ1) is 14.5. The Balaban J connectivity index is 1.58. The number of ketones is 1. The summed E-state index contributed by atoms with van der Waals surface area (Å²) >= 11 is 0. The van der Waals surface area contributed by atoms with Crippen molar-refractivity contribution in [2.45, 2.75) is 25.8 Å². The van der Waals surface area contributed by atoms with Gasteiger partial charge in [0.15, 0.2) is 5.78 Å². The molecule has 0 aliphatic carbocycles. The molecule has 1 saturated heterocycles. The molecule has 2 aromatic heterocycles. The molecule has 0 bridgehead atoms. The minimum atomic E-state index is -0.601. The normalized spacial score (nSPS) is 15.9. The van der Waals surface area contributed by atoms with Gasteiger partial charge in [-0.3, -0.25) is 14.6 Å². The number of nitrogens with two attached hydrogens (primary N) is 1. The number of Topliss-reactive ketones (excluding diaryl/α,β-unsaturated/α-hetero) is 1. The summed E-state index contributed by atoms with van der Waals surface area (Å²) in [6, 6.07) is 6.59. The molecule has 0 saturated carbocycles. The number of amides is 1. The van der Waals surface area contributed by atoms with Crippen LogP contribution in [0.3, 0.4) is 0 Å². The highest BCUT2D eigenvalue weighted by atomic mass is 16.5. The third kappa shape index (κ3) is 3.49. The van der Waals surface area contributed by atoms with Crippen molar-refractivity contribution in [1.29, 1.82) is 0 Å². The number of nitrogen functional groups attached to an aromatic ring is 1. The van der Waals surface area contributed by atoms with Gasteiger partial charge in [-0.2, -0.15) is 5.10 Å². The Morgan fingerprint density at radius 3 is 2.57 bits per heavy atom. The summed E-state index contributed by atoms with van der Waals surface area (Å²) in [6.07, 6.45) is 5.73. The monoisotopic (exact) mass is 406 g/mol. The largest absolute Gasteiger partial charge is 0.497 e. The lowest BCUT2D eigenvalue weighted by molar-refractivity contribution is 0.0667. The van der Waals surface area contributed by atoms with E-state index in [9.17, 15) is 9.59 Å². The van der Waals surface area contributed by atoms with Crippen LogP contribution in [0.5, 0.6) is 5.75 Å². The van der Waals surface area contributed by atoms with Crippen molar-refractivity contribution in [2.24, 2.45) is 0 Å². The molecule has 0 radical (unpaired) electrons. The lowest BCUT2D eigenvalue weighted by atomic mass is 10.0. The first-order valence-electron chi connectivity index (χ1n) is 9.61. The Hall–Kier alpha value is -3.75. The molecule has 1 aliphatic rings. The predicted octanol–water partition coefficient (Wildman–Crippen LogP) is 2.05. The SMILES string of the molecule is COc1ccc(-n2ncc(C(=O)C3CCCN3C(=O)c3cnc(C)cn3)c2N)cc1. The number of carbonyl (C=O) groups excluding carboxylic acids is 2. The van der Waals surface area contributed by atoms with Crippen LogP contribution >= 0.6 is 0 Å². The maximum atomic E-state index is 13.2. The van der Waals surface area contributed by atoms with E-state index in [-0.39, 0.29) is 23.2 Å². The summed E-state index contributed by atoms with van der Waals surface area (Å²) in [5.41, 5.74) is 8.20. The van der Waals surface area contributed by atoms with E-state index in [1.807, 2.05) is 0 Å². The fourth-order valence-electron chi connectivity index (χ4n) is 3.59. The van der Waals surface area contributed by atoms with E-state index in [1.54, 1.807) is 43.2 Å². The zero-order chi connectivity index (χ0) is 21.3. The number of aryl methyl sites for hydroxylation is 1. The number of methoxy groups -OCH3 is 1. The van der Waals surface area contributed by atoms with Crippen molar-refractivity contribution in [3.05, 3.63) is 59.8 Å². The summed E-state index contributed by atoms with van der Waals surface area (Å²) in [6.45, 7) is 2.28. The van der Waals surface area contributed by atoms with Gasteiger partial charge in [0, 0.05) is 12.7 Å². The van der Waals surface area contributed by atoms with Crippen LogP contribution in [0.2, 0.25) is 0 Å². The van der Waals surface area contributed by atoms with Crippen molar-refractivity contribution in [1.82, 2.24) is 24.6 Å². The van der Waals surface area contributed by atoms with Gasteiger partial charge in [0.2, 0.25) is 0 Å². The van der Waals surface area contributed by atoms with Crippen molar-refractivity contribution < 1.29 is 14.3 Å². The smallest absolute Gasteiger partial charge is 0.274 e. The average Bonchev–Trinajstić information content (AvgIpc) is 3.40. The van der Waals surface area contributed by atoms with E-state index in [4.69, 9.17) is 10.5 Å². The zero-order valence-electron chi connectivity index (χ0n) is 16.8. The lowest BCUT2D eigenvalue weighted by Crippen LogP contribution is -2.41. The third-order valence-corrected chi connectivity index (χ3v) is 5.21. The van der Waals surface area contributed by atoms with Crippen LogP contribution in [0.1, 0.15) is 39.4 Å². The van der Waals surface area contributed by atoms with Crippen molar-refractivity contribution >= 4 is 17.5 Å². The standard InChI is InChI=1S/C21H22N6O3/c1-13-10-24-17(12-23-13)21(29)26-9-3-4-18(26)19(28)16-11-25-27(20(16)22)14-5-7-15(30-2)8-6-14/h5-8,10-12,18H,3-4,9,22H2,1-2H3. The maximum Gasteiger partial charge on any atom is 0.274 e. The third-order valence-electron chi connectivity index (χ3n) is 5.21. The van der Waals surface area contributed by atoms with E-state index in [1.165, 1.54) is 23.3 Å². The van der Waals surface area contributed by atoms with Gasteiger partial charge >= 0.3 is 0 Å². The minimum absolute atomic E-state index is 0.224. The Labute approximate surface area is 173 Å². The van der Waals surface area contributed by atoms with E-state index in [0.717, 1.165) is 12.1 Å². The number of hydrogen-bond acceptors (Lipinski definition) is 7. The Kier molecular flexibility index (Phi) is 5.18. The molecular formula is C21H22N6O3. The van der Waals surface area contributed by atoms with Crippen LogP contribution < -0.4 is 10.5 Å². The van der Waals surface area contributed by atoms with Gasteiger partial charge in [-0.25, -0.2) is 9.67 Å². The molecule has 1 amide bonds. The van der Waals surface area contributed by atoms with Gasteiger partial charge in [0.05, 0.1) is 42.5 Å². The minimum Gasteiger partial charge on any atom is -0.497 e. The van der Waals surface area contributed by atoms with Crippen LogP contribution in [0.4, 0.5) is 5.82 Å². The molecule has 30 heavy (non-hydrogen) atoms. The van der Waals surface area contributed by atoms with Gasteiger partial charge in [-0.1, -0.05) is 0 Å². The fourth-order valence-corrected chi connectivity index (χ4v) is 3.59. The summed E-state index contributed by atoms with van der Waals surface area (Å²) in [7, 11) is 1.59. The van der Waals surface area contributed by atoms with Crippen molar-refractivity contribution in [3.63, 3.8) is 0 Å². The average molecular weight is 406 g/mol. The molecule has 1 aliphatic heterocycles. The fraction of sp³-hybridized carbons (Fsp3) is 0.286. The van der Waals surface area contributed by atoms with Crippen LogP contribution in [0, 0.1) is 6.92 Å². The van der Waals surface area contributed by atoms with E-state index >= 15 is 0 Å². The number of likely N-dealkylation sites (tertiary alicyclic amines) is 1. The number of nitrogens with zero attached hydrogens (tertiary/aromatic N) is 5. The molecule has 1 fully saturated rings. The van der Waals surface area contributed by atoms with Crippen molar-refractivity contribution in [2.75, 3.05) is 19.4 Å². The molecule has 3 aromatic rings. The molecule has 1 unspecified atom stereocenters. The van der Waals surface area contributed by atoms with Gasteiger partial charge in [-0.15, -0.1) is 0 Å².